The highest BCUT2D eigenvalue weighted by Gasteiger charge is 2.10. The van der Waals surface area contributed by atoms with Crippen molar-refractivity contribution >= 4 is 38.3 Å². The second-order valence-electron chi connectivity index (χ2n) is 4.58. The van der Waals surface area contributed by atoms with Gasteiger partial charge in [0.2, 0.25) is 0 Å². The summed E-state index contributed by atoms with van der Waals surface area (Å²) in [6, 6.07) is 10.6. The number of thiophene rings is 1. The lowest BCUT2D eigenvalue weighted by Crippen LogP contribution is -2.03. The van der Waals surface area contributed by atoms with Crippen LogP contribution in [0, 0.1) is 0 Å². The highest BCUT2D eigenvalue weighted by molar-refractivity contribution is 9.10. The van der Waals surface area contributed by atoms with Crippen molar-refractivity contribution in [2.45, 2.75) is 26.3 Å². The van der Waals surface area contributed by atoms with Gasteiger partial charge in [0.05, 0.1) is 17.6 Å². The molecule has 0 fully saturated rings. The monoisotopic (exact) mass is 334 g/mol. The molecule has 0 aliphatic rings. The maximum Gasteiger partial charge on any atom is 0.110 e. The van der Waals surface area contributed by atoms with Gasteiger partial charge in [0.15, 0.2) is 0 Å². The third kappa shape index (κ3) is 2.60. The first-order valence-electron chi connectivity index (χ1n) is 6.45. The van der Waals surface area contributed by atoms with Gasteiger partial charge in [-0.2, -0.15) is 0 Å². The first kappa shape index (κ1) is 12.9. The SMILES string of the molecule is CCCc1nc2ccccc2n1Cc1cc(Br)cs1. The molecule has 0 atom stereocenters. The summed E-state index contributed by atoms with van der Waals surface area (Å²) >= 11 is 5.31. The smallest absolute Gasteiger partial charge is 0.110 e. The molecule has 0 radical (unpaired) electrons. The van der Waals surface area contributed by atoms with Gasteiger partial charge in [-0.3, -0.25) is 0 Å². The minimum Gasteiger partial charge on any atom is -0.323 e. The molecule has 19 heavy (non-hydrogen) atoms. The Morgan fingerprint density at radius 1 is 1.32 bits per heavy atom. The number of rotatable bonds is 4. The van der Waals surface area contributed by atoms with E-state index in [2.05, 4.69) is 63.1 Å². The third-order valence-corrected chi connectivity index (χ3v) is 4.83. The lowest BCUT2D eigenvalue weighted by molar-refractivity contribution is 0.728. The molecule has 0 aliphatic heterocycles. The Hall–Kier alpha value is -1.13. The van der Waals surface area contributed by atoms with E-state index in [1.807, 2.05) is 0 Å². The number of aromatic nitrogens is 2. The van der Waals surface area contributed by atoms with Crippen LogP contribution in [0.1, 0.15) is 24.0 Å². The van der Waals surface area contributed by atoms with Crippen molar-refractivity contribution in [3.05, 3.63) is 50.9 Å². The van der Waals surface area contributed by atoms with Gasteiger partial charge in [0, 0.05) is 21.2 Å². The topological polar surface area (TPSA) is 17.8 Å². The van der Waals surface area contributed by atoms with Gasteiger partial charge in [-0.25, -0.2) is 4.98 Å². The molecule has 0 N–H and O–H groups in total. The third-order valence-electron chi connectivity index (χ3n) is 3.14. The Bertz CT molecular complexity index is 699. The Balaban J connectivity index is 2.06. The minimum absolute atomic E-state index is 0.909. The van der Waals surface area contributed by atoms with E-state index in [1.165, 1.54) is 16.2 Å². The summed E-state index contributed by atoms with van der Waals surface area (Å²) in [7, 11) is 0. The van der Waals surface area contributed by atoms with Gasteiger partial charge in [0.25, 0.3) is 0 Å². The van der Waals surface area contributed by atoms with Crippen molar-refractivity contribution in [1.29, 1.82) is 0 Å². The van der Waals surface area contributed by atoms with Crippen molar-refractivity contribution in [2.75, 3.05) is 0 Å². The fourth-order valence-electron chi connectivity index (χ4n) is 2.31. The number of para-hydroxylation sites is 2. The Morgan fingerprint density at radius 2 is 2.16 bits per heavy atom. The Morgan fingerprint density at radius 3 is 2.89 bits per heavy atom. The average Bonchev–Trinajstić information content (AvgIpc) is 2.96. The maximum atomic E-state index is 4.76. The van der Waals surface area contributed by atoms with Crippen LogP contribution in [0.3, 0.4) is 0 Å². The number of hydrogen-bond acceptors (Lipinski definition) is 2. The van der Waals surface area contributed by atoms with Crippen LogP contribution in [0.4, 0.5) is 0 Å². The molecule has 0 amide bonds. The molecule has 0 unspecified atom stereocenters. The molecule has 2 nitrogen and oxygen atoms in total. The van der Waals surface area contributed by atoms with Crippen LogP contribution >= 0.6 is 27.3 Å². The van der Waals surface area contributed by atoms with Crippen LogP contribution in [0.15, 0.2) is 40.2 Å². The molecule has 1 aromatic carbocycles. The lowest BCUT2D eigenvalue weighted by atomic mass is 10.3. The number of nitrogens with zero attached hydrogens (tertiary/aromatic N) is 2. The standard InChI is InChI=1S/C15H15BrN2S/c1-2-5-15-17-13-6-3-4-7-14(13)18(15)9-12-8-11(16)10-19-12/h3-4,6-8,10H,2,5,9H2,1H3. The van der Waals surface area contributed by atoms with Crippen molar-refractivity contribution in [3.8, 4) is 0 Å². The van der Waals surface area contributed by atoms with Crippen molar-refractivity contribution in [2.24, 2.45) is 0 Å². The molecular weight excluding hydrogens is 320 g/mol. The largest absolute Gasteiger partial charge is 0.323 e. The van der Waals surface area contributed by atoms with Gasteiger partial charge in [-0.1, -0.05) is 19.1 Å². The molecule has 2 aromatic heterocycles. The molecule has 3 rings (SSSR count). The predicted octanol–water partition coefficient (Wildman–Crippen LogP) is 4.86. The van der Waals surface area contributed by atoms with Crippen molar-refractivity contribution in [3.63, 3.8) is 0 Å². The van der Waals surface area contributed by atoms with E-state index in [1.54, 1.807) is 11.3 Å². The molecule has 0 aliphatic carbocycles. The highest BCUT2D eigenvalue weighted by Crippen LogP contribution is 2.24. The van der Waals surface area contributed by atoms with Crippen LogP contribution in [-0.2, 0) is 13.0 Å². The number of hydrogen-bond donors (Lipinski definition) is 0. The van der Waals surface area contributed by atoms with Gasteiger partial charge in [-0.15, -0.1) is 11.3 Å². The molecule has 3 aromatic rings. The summed E-state index contributed by atoms with van der Waals surface area (Å²) in [4.78, 5) is 6.12. The van der Waals surface area contributed by atoms with Crippen molar-refractivity contribution < 1.29 is 0 Å². The zero-order valence-corrected chi connectivity index (χ0v) is 13.2. The van der Waals surface area contributed by atoms with E-state index in [9.17, 15) is 0 Å². The fraction of sp³-hybridized carbons (Fsp3) is 0.267. The molecule has 4 heteroatoms. The van der Waals surface area contributed by atoms with Crippen LogP contribution in [0.25, 0.3) is 11.0 Å². The molecule has 2 heterocycles. The Kier molecular flexibility index (Phi) is 3.71. The normalized spacial score (nSPS) is 11.3. The molecule has 0 saturated carbocycles. The number of imidazole rings is 1. The van der Waals surface area contributed by atoms with Gasteiger partial charge >= 0.3 is 0 Å². The maximum absolute atomic E-state index is 4.76. The van der Waals surface area contributed by atoms with Crippen molar-refractivity contribution in [1.82, 2.24) is 9.55 Å². The van der Waals surface area contributed by atoms with E-state index < -0.39 is 0 Å². The first-order valence-corrected chi connectivity index (χ1v) is 8.12. The highest BCUT2D eigenvalue weighted by atomic mass is 79.9. The van der Waals surface area contributed by atoms with Gasteiger partial charge in [-0.05, 0) is 40.5 Å². The molecular formula is C15H15BrN2S. The lowest BCUT2D eigenvalue weighted by Gasteiger charge is -2.07. The molecule has 0 saturated heterocycles. The summed E-state index contributed by atoms with van der Waals surface area (Å²) in [6.45, 7) is 3.11. The molecule has 98 valence electrons. The Labute approximate surface area is 125 Å². The van der Waals surface area contributed by atoms with Crippen LogP contribution < -0.4 is 0 Å². The van der Waals surface area contributed by atoms with E-state index in [0.29, 0.717) is 0 Å². The van der Waals surface area contributed by atoms with E-state index >= 15 is 0 Å². The van der Waals surface area contributed by atoms with Crippen LogP contribution in [-0.4, -0.2) is 9.55 Å². The van der Waals surface area contributed by atoms with E-state index in [-0.39, 0.29) is 0 Å². The van der Waals surface area contributed by atoms with Crippen LogP contribution in [0.5, 0.6) is 0 Å². The zero-order valence-electron chi connectivity index (χ0n) is 10.8. The fourth-order valence-corrected chi connectivity index (χ4v) is 3.75. The predicted molar refractivity (Wildman–Crippen MR) is 84.8 cm³/mol. The summed E-state index contributed by atoms with van der Waals surface area (Å²) in [5.41, 5.74) is 2.33. The number of aryl methyl sites for hydroxylation is 1. The molecule has 0 spiro atoms. The number of halogens is 1. The van der Waals surface area contributed by atoms with Gasteiger partial charge < -0.3 is 4.57 Å². The number of benzene rings is 1. The summed E-state index contributed by atoms with van der Waals surface area (Å²) in [6.07, 6.45) is 2.15. The van der Waals surface area contributed by atoms with Gasteiger partial charge in [0.1, 0.15) is 5.82 Å². The number of fused-ring (bicyclic) bond motifs is 1. The second-order valence-corrected chi connectivity index (χ2v) is 6.50. The summed E-state index contributed by atoms with van der Waals surface area (Å²) in [5, 5.41) is 2.13. The zero-order chi connectivity index (χ0) is 13.2. The first-order chi connectivity index (χ1) is 9.28. The summed E-state index contributed by atoms with van der Waals surface area (Å²) in [5.74, 6) is 1.19. The van der Waals surface area contributed by atoms with E-state index in [0.717, 1.165) is 29.4 Å². The minimum atomic E-state index is 0.909. The summed E-state index contributed by atoms with van der Waals surface area (Å²) < 4.78 is 3.51. The average molecular weight is 335 g/mol. The van der Waals surface area contributed by atoms with E-state index in [4.69, 9.17) is 4.98 Å². The second kappa shape index (κ2) is 5.47. The molecule has 0 bridgehead atoms. The quantitative estimate of drug-likeness (QED) is 0.666. The van der Waals surface area contributed by atoms with Crippen LogP contribution in [0.2, 0.25) is 0 Å².